The van der Waals surface area contributed by atoms with E-state index in [1.807, 2.05) is 18.2 Å². The summed E-state index contributed by atoms with van der Waals surface area (Å²) in [6.07, 6.45) is 7.66. The molecule has 1 aliphatic rings. The smallest absolute Gasteiger partial charge is 0.331 e. The van der Waals surface area contributed by atoms with Crippen LogP contribution in [0.25, 0.3) is 17.3 Å². The van der Waals surface area contributed by atoms with Crippen molar-refractivity contribution in [3.63, 3.8) is 0 Å². The van der Waals surface area contributed by atoms with E-state index in [9.17, 15) is 18.4 Å². The second-order valence-electron chi connectivity index (χ2n) is 9.80. The van der Waals surface area contributed by atoms with E-state index < -0.39 is 29.1 Å². The molecule has 1 amide bonds. The zero-order chi connectivity index (χ0) is 28.6. The normalized spacial score (nSPS) is 13.9. The van der Waals surface area contributed by atoms with Crippen LogP contribution >= 0.6 is 11.3 Å². The van der Waals surface area contributed by atoms with E-state index in [1.54, 1.807) is 12.5 Å². The van der Waals surface area contributed by atoms with E-state index in [0.717, 1.165) is 48.8 Å². The van der Waals surface area contributed by atoms with Crippen LogP contribution in [-0.2, 0) is 16.0 Å². The summed E-state index contributed by atoms with van der Waals surface area (Å²) in [5, 5.41) is 13.6. The molecular weight excluding hydrogens is 538 g/mol. The Bertz CT molecular complexity index is 1380. The quantitative estimate of drug-likeness (QED) is 0.180. The number of nitrogens with one attached hydrogen (secondary N) is 1. The summed E-state index contributed by atoms with van der Waals surface area (Å²) in [7, 11) is 1.61. The van der Waals surface area contributed by atoms with E-state index in [4.69, 9.17) is 14.6 Å². The maximum absolute atomic E-state index is 14.5. The highest BCUT2D eigenvalue weighted by Crippen LogP contribution is 2.35. The monoisotopic (exact) mass is 570 g/mol. The summed E-state index contributed by atoms with van der Waals surface area (Å²) in [5.74, 6) is -2.74. The number of halogens is 2. The van der Waals surface area contributed by atoms with Gasteiger partial charge >= 0.3 is 5.97 Å². The molecule has 3 aromatic rings. The van der Waals surface area contributed by atoms with Gasteiger partial charge in [-0.1, -0.05) is 25.0 Å². The lowest BCUT2D eigenvalue weighted by molar-refractivity contribution is -0.132. The van der Waals surface area contributed by atoms with Gasteiger partial charge in [-0.25, -0.2) is 18.6 Å². The number of thiazole rings is 1. The van der Waals surface area contributed by atoms with Gasteiger partial charge in [0.2, 0.25) is 0 Å². The van der Waals surface area contributed by atoms with Gasteiger partial charge in [-0.2, -0.15) is 0 Å². The molecule has 1 aliphatic carbocycles. The number of para-hydroxylation sites is 1. The maximum atomic E-state index is 14.5. The second kappa shape index (κ2) is 13.6. The van der Waals surface area contributed by atoms with E-state index in [-0.39, 0.29) is 16.3 Å². The van der Waals surface area contributed by atoms with Gasteiger partial charge in [0, 0.05) is 40.9 Å². The average Bonchev–Trinajstić information content (AvgIpc) is 3.62. The van der Waals surface area contributed by atoms with Crippen LogP contribution in [-0.4, -0.2) is 42.3 Å². The number of nitrogens with zero attached hydrogens (tertiary/aromatic N) is 1. The van der Waals surface area contributed by atoms with Gasteiger partial charge in [0.25, 0.3) is 5.91 Å². The van der Waals surface area contributed by atoms with Crippen molar-refractivity contribution in [1.29, 1.82) is 0 Å². The lowest BCUT2D eigenvalue weighted by atomic mass is 10.0. The number of benzene rings is 2. The predicted molar refractivity (Wildman–Crippen MR) is 151 cm³/mol. The first-order valence-electron chi connectivity index (χ1n) is 13.2. The minimum atomic E-state index is -1.30. The number of carboxylic acid groups (broad SMARTS) is 1. The Kier molecular flexibility index (Phi) is 10.0. The lowest BCUT2D eigenvalue weighted by Crippen LogP contribution is -2.13. The zero-order valence-electron chi connectivity index (χ0n) is 22.5. The summed E-state index contributed by atoms with van der Waals surface area (Å²) in [6, 6.07) is 7.54. The number of hydrogen-bond acceptors (Lipinski definition) is 6. The van der Waals surface area contributed by atoms with E-state index >= 15 is 0 Å². The minimum absolute atomic E-state index is 0.238. The number of hydrogen-bond donors (Lipinski definition) is 2. The third kappa shape index (κ3) is 7.31. The number of methoxy groups -OCH3 is 1. The molecular formula is C30H32F2N2O5S. The molecule has 1 saturated carbocycles. The summed E-state index contributed by atoms with van der Waals surface area (Å²) >= 11 is 1.17. The van der Waals surface area contributed by atoms with Crippen molar-refractivity contribution in [3.05, 3.63) is 69.6 Å². The zero-order valence-corrected chi connectivity index (χ0v) is 23.3. The third-order valence-corrected chi connectivity index (χ3v) is 7.66. The predicted octanol–water partition coefficient (Wildman–Crippen LogP) is 6.98. The second-order valence-corrected chi connectivity index (χ2v) is 10.7. The van der Waals surface area contributed by atoms with Crippen molar-refractivity contribution < 1.29 is 33.0 Å². The molecule has 2 N–H and O–H groups in total. The van der Waals surface area contributed by atoms with Gasteiger partial charge in [0.15, 0.2) is 5.13 Å². The SMILES string of the molecule is COc1c(CCCOCC2CCCC2)cccc1-c1csc(NC(=O)c2cc(F)c(/C=C(\C)C(=O)O)c(F)c2)n1. The molecule has 0 radical (unpaired) electrons. The van der Waals surface area contributed by atoms with E-state index in [2.05, 4.69) is 10.3 Å². The number of aliphatic carboxylic acids is 1. The summed E-state index contributed by atoms with van der Waals surface area (Å²) in [6.45, 7) is 2.74. The van der Waals surface area contributed by atoms with Gasteiger partial charge in [-0.05, 0) is 68.4 Å². The van der Waals surface area contributed by atoms with Crippen molar-refractivity contribution in [1.82, 2.24) is 4.98 Å². The molecule has 0 saturated heterocycles. The number of aromatic nitrogens is 1. The number of amides is 1. The number of aryl methyl sites for hydroxylation is 1. The first kappa shape index (κ1) is 29.4. The summed E-state index contributed by atoms with van der Waals surface area (Å²) in [4.78, 5) is 28.2. The summed E-state index contributed by atoms with van der Waals surface area (Å²) < 4.78 is 40.6. The summed E-state index contributed by atoms with van der Waals surface area (Å²) in [5.41, 5.74) is 1.37. The Hall–Kier alpha value is -3.63. The van der Waals surface area contributed by atoms with Crippen LogP contribution in [0, 0.1) is 17.6 Å². The molecule has 4 rings (SSSR count). The number of carbonyl (C=O) groups is 2. The Morgan fingerprint density at radius 1 is 1.20 bits per heavy atom. The van der Waals surface area contributed by atoms with Crippen LogP contribution in [0.5, 0.6) is 5.75 Å². The molecule has 2 aromatic carbocycles. The average molecular weight is 571 g/mol. The molecule has 0 spiro atoms. The Morgan fingerprint density at radius 3 is 2.60 bits per heavy atom. The molecule has 0 unspecified atom stereocenters. The number of carbonyl (C=O) groups excluding carboxylic acids is 1. The van der Waals surface area contributed by atoms with Gasteiger partial charge in [0.05, 0.1) is 12.8 Å². The van der Waals surface area contributed by atoms with Crippen LogP contribution < -0.4 is 10.1 Å². The van der Waals surface area contributed by atoms with Gasteiger partial charge in [-0.3, -0.25) is 10.1 Å². The largest absolute Gasteiger partial charge is 0.496 e. The minimum Gasteiger partial charge on any atom is -0.496 e. The van der Waals surface area contributed by atoms with Crippen LogP contribution in [0.2, 0.25) is 0 Å². The highest BCUT2D eigenvalue weighted by molar-refractivity contribution is 7.14. The first-order chi connectivity index (χ1) is 19.3. The van der Waals surface area contributed by atoms with Crippen molar-refractivity contribution >= 4 is 34.4 Å². The molecule has 0 aliphatic heterocycles. The fourth-order valence-corrected chi connectivity index (χ4v) is 5.48. The van der Waals surface area contributed by atoms with Crippen LogP contribution in [0.1, 0.15) is 60.5 Å². The third-order valence-electron chi connectivity index (χ3n) is 6.90. The molecule has 1 aromatic heterocycles. The number of rotatable bonds is 12. The standard InChI is InChI=1S/C30H32F2N2O5S/c1-18(29(36)37)13-23-24(31)14-21(15-25(23)32)28(35)34-30-33-26(17-40-30)22-11-5-9-20(27(22)38-2)10-6-12-39-16-19-7-3-4-8-19/h5,9,11,13-15,17,19H,3-4,6-8,10,12,16H2,1-2H3,(H,36,37)(H,33,34,35)/b18-13+. The number of ether oxygens (including phenoxy) is 2. The molecule has 40 heavy (non-hydrogen) atoms. The highest BCUT2D eigenvalue weighted by atomic mass is 32.1. The molecule has 7 nitrogen and oxygen atoms in total. The first-order valence-corrected chi connectivity index (χ1v) is 14.1. The molecule has 1 heterocycles. The van der Waals surface area contributed by atoms with E-state index in [0.29, 0.717) is 24.0 Å². The Morgan fingerprint density at radius 2 is 1.93 bits per heavy atom. The van der Waals surface area contributed by atoms with Crippen LogP contribution in [0.4, 0.5) is 13.9 Å². The van der Waals surface area contributed by atoms with Crippen LogP contribution in [0.15, 0.2) is 41.3 Å². The number of carboxylic acids is 1. The topological polar surface area (TPSA) is 97.8 Å². The molecule has 0 bridgehead atoms. The Balaban J connectivity index is 1.41. The highest BCUT2D eigenvalue weighted by Gasteiger charge is 2.19. The van der Waals surface area contributed by atoms with Crippen molar-refractivity contribution in [3.8, 4) is 17.0 Å². The van der Waals surface area contributed by atoms with Crippen molar-refractivity contribution in [2.75, 3.05) is 25.6 Å². The Labute approximate surface area is 235 Å². The lowest BCUT2D eigenvalue weighted by Gasteiger charge is -2.13. The molecule has 1 fully saturated rings. The maximum Gasteiger partial charge on any atom is 0.331 e. The molecule has 10 heteroatoms. The van der Waals surface area contributed by atoms with Gasteiger partial charge in [-0.15, -0.1) is 11.3 Å². The van der Waals surface area contributed by atoms with Crippen molar-refractivity contribution in [2.24, 2.45) is 5.92 Å². The fraction of sp³-hybridized carbons (Fsp3) is 0.367. The van der Waals surface area contributed by atoms with Gasteiger partial charge in [0.1, 0.15) is 17.4 Å². The van der Waals surface area contributed by atoms with Crippen LogP contribution in [0.3, 0.4) is 0 Å². The number of anilines is 1. The van der Waals surface area contributed by atoms with Crippen molar-refractivity contribution in [2.45, 2.75) is 45.4 Å². The van der Waals surface area contributed by atoms with E-state index in [1.165, 1.54) is 43.9 Å². The molecule has 0 atom stereocenters. The van der Waals surface area contributed by atoms with Gasteiger partial charge < -0.3 is 14.6 Å². The molecule has 212 valence electrons. The fourth-order valence-electron chi connectivity index (χ4n) is 4.77.